The zero-order valence-corrected chi connectivity index (χ0v) is 18.1. The summed E-state index contributed by atoms with van der Waals surface area (Å²) in [6.45, 7) is 8.27. The number of carbonyl (C=O) groups is 2. The molecule has 162 valence electrons. The van der Waals surface area contributed by atoms with E-state index in [0.717, 1.165) is 11.1 Å². The Balaban J connectivity index is 2.13. The maximum Gasteiger partial charge on any atom is 0.295 e. The molecule has 1 amide bonds. The number of amides is 1. The van der Waals surface area contributed by atoms with E-state index in [9.17, 15) is 14.7 Å². The van der Waals surface area contributed by atoms with E-state index in [2.05, 4.69) is 6.58 Å². The third kappa shape index (κ3) is 4.54. The van der Waals surface area contributed by atoms with Crippen molar-refractivity contribution < 1.29 is 24.2 Å². The Morgan fingerprint density at radius 1 is 1.16 bits per heavy atom. The first-order valence-electron chi connectivity index (χ1n) is 10.1. The van der Waals surface area contributed by atoms with Crippen molar-refractivity contribution in [3.05, 3.63) is 82.9 Å². The summed E-state index contributed by atoms with van der Waals surface area (Å²) < 4.78 is 10.7. The van der Waals surface area contributed by atoms with Gasteiger partial charge in [0.05, 0.1) is 18.2 Å². The second-order valence-electron chi connectivity index (χ2n) is 7.47. The molecule has 2 aromatic rings. The summed E-state index contributed by atoms with van der Waals surface area (Å²) in [4.78, 5) is 27.3. The van der Waals surface area contributed by atoms with E-state index in [1.807, 2.05) is 32.0 Å². The third-order valence-electron chi connectivity index (χ3n) is 5.29. The van der Waals surface area contributed by atoms with Gasteiger partial charge in [0, 0.05) is 19.2 Å². The molecule has 1 N–H and O–H groups in total. The molecule has 0 saturated carbocycles. The lowest BCUT2D eigenvalue weighted by Crippen LogP contribution is -2.32. The molecule has 2 aromatic carbocycles. The molecule has 0 bridgehead atoms. The monoisotopic (exact) mass is 421 g/mol. The lowest BCUT2D eigenvalue weighted by Gasteiger charge is -2.25. The predicted octanol–water partition coefficient (Wildman–Crippen LogP) is 3.94. The van der Waals surface area contributed by atoms with Crippen molar-refractivity contribution in [2.45, 2.75) is 19.9 Å². The lowest BCUT2D eigenvalue weighted by atomic mass is 9.93. The average molecular weight is 421 g/mol. The molecular formula is C25H27NO5. The van der Waals surface area contributed by atoms with Gasteiger partial charge in [-0.3, -0.25) is 9.59 Å². The van der Waals surface area contributed by atoms with Crippen LogP contribution in [0.25, 0.3) is 5.76 Å². The van der Waals surface area contributed by atoms with E-state index in [-0.39, 0.29) is 24.5 Å². The molecule has 1 heterocycles. The minimum atomic E-state index is -0.719. The molecule has 0 aromatic heterocycles. The highest BCUT2D eigenvalue weighted by Gasteiger charge is 2.46. The number of hydrogen-bond acceptors (Lipinski definition) is 5. The number of ether oxygens (including phenoxy) is 2. The van der Waals surface area contributed by atoms with Crippen molar-refractivity contribution in [2.24, 2.45) is 0 Å². The first-order chi connectivity index (χ1) is 14.9. The molecule has 1 unspecified atom stereocenters. The van der Waals surface area contributed by atoms with Crippen LogP contribution in [0, 0.1) is 13.8 Å². The number of aliphatic hydroxyl groups is 1. The predicted molar refractivity (Wildman–Crippen MR) is 119 cm³/mol. The van der Waals surface area contributed by atoms with Crippen LogP contribution >= 0.6 is 0 Å². The number of nitrogens with zero attached hydrogens (tertiary/aromatic N) is 1. The number of methoxy groups -OCH3 is 1. The van der Waals surface area contributed by atoms with Crippen molar-refractivity contribution in [1.29, 1.82) is 0 Å². The average Bonchev–Trinajstić information content (AvgIpc) is 3.02. The van der Waals surface area contributed by atoms with Crippen molar-refractivity contribution in [2.75, 3.05) is 26.9 Å². The van der Waals surface area contributed by atoms with E-state index in [4.69, 9.17) is 9.47 Å². The van der Waals surface area contributed by atoms with Crippen LogP contribution in [0.1, 0.15) is 28.3 Å². The highest BCUT2D eigenvalue weighted by molar-refractivity contribution is 6.46. The Hall–Kier alpha value is -3.38. The molecule has 1 fully saturated rings. The molecule has 0 aliphatic carbocycles. The Kier molecular flexibility index (Phi) is 6.92. The van der Waals surface area contributed by atoms with Crippen molar-refractivity contribution in [1.82, 2.24) is 4.90 Å². The summed E-state index contributed by atoms with van der Waals surface area (Å²) >= 11 is 0. The van der Waals surface area contributed by atoms with Crippen LogP contribution < -0.4 is 4.74 Å². The fourth-order valence-electron chi connectivity index (χ4n) is 3.68. The van der Waals surface area contributed by atoms with Gasteiger partial charge in [0.2, 0.25) is 0 Å². The van der Waals surface area contributed by atoms with Gasteiger partial charge in [-0.05, 0) is 43.2 Å². The maximum absolute atomic E-state index is 13.0. The van der Waals surface area contributed by atoms with Gasteiger partial charge >= 0.3 is 0 Å². The summed E-state index contributed by atoms with van der Waals surface area (Å²) in [5, 5.41) is 11.2. The molecule has 1 aliphatic heterocycles. The number of rotatable bonds is 8. The van der Waals surface area contributed by atoms with Gasteiger partial charge in [-0.1, -0.05) is 42.5 Å². The SMILES string of the molecule is C=CCOc1ccc(C2/C(=C(\O)c3cc(C)ccc3C)C(=O)C(=O)N2CCOC)cc1. The summed E-state index contributed by atoms with van der Waals surface area (Å²) in [6, 6.07) is 12.0. The summed E-state index contributed by atoms with van der Waals surface area (Å²) in [7, 11) is 1.54. The number of hydrogen-bond donors (Lipinski definition) is 1. The molecule has 6 heteroatoms. The first kappa shape index (κ1) is 22.3. The van der Waals surface area contributed by atoms with Gasteiger partial charge in [-0.25, -0.2) is 0 Å². The van der Waals surface area contributed by atoms with E-state index >= 15 is 0 Å². The standard InChI is InChI=1S/C25H27NO5/c1-5-13-31-19-10-8-18(9-11-19)22-21(24(28)25(29)26(22)12-14-30-4)23(27)20-15-16(2)6-7-17(20)3/h5-11,15,22,27H,1,12-14H2,2-4H3/b23-21+. The van der Waals surface area contributed by atoms with Gasteiger partial charge in [0.1, 0.15) is 18.1 Å². The highest BCUT2D eigenvalue weighted by Crippen LogP contribution is 2.40. The Morgan fingerprint density at radius 3 is 2.52 bits per heavy atom. The van der Waals surface area contributed by atoms with Gasteiger partial charge in [-0.15, -0.1) is 0 Å². The first-order valence-corrected chi connectivity index (χ1v) is 10.1. The van der Waals surface area contributed by atoms with Crippen LogP contribution in [0.4, 0.5) is 0 Å². The molecule has 0 radical (unpaired) electrons. The normalized spacial score (nSPS) is 17.8. The quantitative estimate of drug-likeness (QED) is 0.302. The minimum Gasteiger partial charge on any atom is -0.507 e. The van der Waals surface area contributed by atoms with Crippen LogP contribution in [0.2, 0.25) is 0 Å². The summed E-state index contributed by atoms with van der Waals surface area (Å²) in [5.74, 6) is -0.879. The maximum atomic E-state index is 13.0. The van der Waals surface area contributed by atoms with Crippen molar-refractivity contribution in [3.8, 4) is 5.75 Å². The van der Waals surface area contributed by atoms with Crippen LogP contribution in [0.5, 0.6) is 5.75 Å². The van der Waals surface area contributed by atoms with E-state index in [1.165, 1.54) is 12.0 Å². The fraction of sp³-hybridized carbons (Fsp3) is 0.280. The number of Topliss-reactive ketones (excluding diaryl/α,β-unsaturated/α-hetero) is 1. The number of likely N-dealkylation sites (tertiary alicyclic amines) is 1. The van der Waals surface area contributed by atoms with Gasteiger partial charge in [0.15, 0.2) is 0 Å². The lowest BCUT2D eigenvalue weighted by molar-refractivity contribution is -0.140. The van der Waals surface area contributed by atoms with Crippen LogP contribution in [0.3, 0.4) is 0 Å². The number of carbonyl (C=O) groups excluding carboxylic acids is 2. The Labute approximate surface area is 182 Å². The van der Waals surface area contributed by atoms with Gasteiger partial charge < -0.3 is 19.5 Å². The van der Waals surface area contributed by atoms with E-state index in [1.54, 1.807) is 30.3 Å². The second-order valence-corrected chi connectivity index (χ2v) is 7.47. The topological polar surface area (TPSA) is 76.1 Å². The van der Waals surface area contributed by atoms with Crippen LogP contribution in [0.15, 0.2) is 60.7 Å². The zero-order valence-electron chi connectivity index (χ0n) is 18.1. The molecule has 1 atom stereocenters. The van der Waals surface area contributed by atoms with Crippen LogP contribution in [-0.2, 0) is 14.3 Å². The van der Waals surface area contributed by atoms with Gasteiger partial charge in [-0.2, -0.15) is 0 Å². The molecule has 6 nitrogen and oxygen atoms in total. The molecule has 0 spiro atoms. The smallest absolute Gasteiger partial charge is 0.295 e. The summed E-state index contributed by atoms with van der Waals surface area (Å²) in [5.41, 5.74) is 3.09. The zero-order chi connectivity index (χ0) is 22.5. The van der Waals surface area contributed by atoms with Crippen molar-refractivity contribution in [3.63, 3.8) is 0 Å². The number of aryl methyl sites for hydroxylation is 2. The minimum absolute atomic E-state index is 0.0783. The Bertz CT molecular complexity index is 1020. The second kappa shape index (κ2) is 9.62. The summed E-state index contributed by atoms with van der Waals surface area (Å²) in [6.07, 6.45) is 1.65. The van der Waals surface area contributed by atoms with E-state index < -0.39 is 17.7 Å². The number of benzene rings is 2. The van der Waals surface area contributed by atoms with Crippen LogP contribution in [-0.4, -0.2) is 48.6 Å². The molecule has 3 rings (SSSR count). The van der Waals surface area contributed by atoms with Gasteiger partial charge in [0.25, 0.3) is 11.7 Å². The third-order valence-corrected chi connectivity index (χ3v) is 5.29. The van der Waals surface area contributed by atoms with Crippen molar-refractivity contribution >= 4 is 17.4 Å². The highest BCUT2D eigenvalue weighted by atomic mass is 16.5. The Morgan fingerprint density at radius 2 is 1.87 bits per heavy atom. The number of aliphatic hydroxyl groups excluding tert-OH is 1. The number of ketones is 1. The fourth-order valence-corrected chi connectivity index (χ4v) is 3.68. The largest absolute Gasteiger partial charge is 0.507 e. The molecular weight excluding hydrogens is 394 g/mol. The molecule has 31 heavy (non-hydrogen) atoms. The molecule has 1 saturated heterocycles. The van der Waals surface area contributed by atoms with E-state index in [0.29, 0.717) is 23.5 Å². The molecule has 1 aliphatic rings.